The van der Waals surface area contributed by atoms with E-state index in [0.29, 0.717) is 52.4 Å². The van der Waals surface area contributed by atoms with Crippen molar-refractivity contribution in [3.63, 3.8) is 0 Å². The van der Waals surface area contributed by atoms with Gasteiger partial charge in [-0.05, 0) is 171 Å². The monoisotopic (exact) mass is 1100 g/mol. The van der Waals surface area contributed by atoms with Crippen molar-refractivity contribution in [1.29, 1.82) is 0 Å². The molecule has 0 aliphatic carbocycles. The third kappa shape index (κ3) is 15.2. The van der Waals surface area contributed by atoms with Crippen molar-refractivity contribution >= 4 is 46.4 Å². The maximum absolute atomic E-state index is 14.6. The molecule has 13 heteroatoms. The molecule has 0 spiro atoms. The number of methoxy groups -OCH3 is 2. The highest BCUT2D eigenvalue weighted by molar-refractivity contribution is 7.51. The van der Waals surface area contributed by atoms with Crippen LogP contribution in [0.5, 0.6) is 23.0 Å². The molecule has 6 aromatic rings. The quantitative estimate of drug-likeness (QED) is 0.0317. The topological polar surface area (TPSA) is 119 Å². The molecule has 414 valence electrons. The Hall–Kier alpha value is -6.41. The molecule has 1 atom stereocenters. The van der Waals surface area contributed by atoms with Crippen LogP contribution in [0.4, 0.5) is 11.4 Å². The van der Waals surface area contributed by atoms with E-state index in [-0.39, 0.29) is 22.6 Å². The van der Waals surface area contributed by atoms with E-state index in [1.807, 2.05) is 77.5 Å². The fourth-order valence-corrected chi connectivity index (χ4v) is 12.1. The van der Waals surface area contributed by atoms with E-state index in [1.54, 1.807) is 18.2 Å². The van der Waals surface area contributed by atoms with Crippen molar-refractivity contribution in [2.75, 3.05) is 18.9 Å². The second kappa shape index (κ2) is 30.1. The Morgan fingerprint density at radius 1 is 0.487 bits per heavy atom. The molecule has 1 unspecified atom stereocenters. The summed E-state index contributed by atoms with van der Waals surface area (Å²) in [5.74, 6) is -0.414. The second-order valence-corrected chi connectivity index (χ2v) is 22.1. The van der Waals surface area contributed by atoms with E-state index >= 15 is 0 Å². The Labute approximate surface area is 466 Å². The van der Waals surface area contributed by atoms with Gasteiger partial charge in [-0.25, -0.2) is 14.4 Å². The van der Waals surface area contributed by atoms with Crippen molar-refractivity contribution in [2.45, 2.75) is 157 Å². The molecule has 6 aromatic carbocycles. The fraction of sp³-hybridized carbons (Fsp3) is 0.400. The summed E-state index contributed by atoms with van der Waals surface area (Å²) in [5, 5.41) is 0. The number of nitrogens with zero attached hydrogens (tertiary/aromatic N) is 1. The average molecular weight is 1100 g/mol. The summed E-state index contributed by atoms with van der Waals surface area (Å²) in [4.78, 5) is 43.0. The maximum atomic E-state index is 14.6. The number of carbonyl (C=O) groups is 3. The first-order chi connectivity index (χ1) is 38.1. The van der Waals surface area contributed by atoms with Gasteiger partial charge in [0, 0.05) is 11.1 Å². The van der Waals surface area contributed by atoms with Gasteiger partial charge in [-0.1, -0.05) is 135 Å². The molecule has 0 aromatic heterocycles. The summed E-state index contributed by atoms with van der Waals surface area (Å²) in [5.41, 5.74) is 8.96. The van der Waals surface area contributed by atoms with Gasteiger partial charge in [0.15, 0.2) is 11.5 Å². The Morgan fingerprint density at radius 3 is 1.44 bits per heavy atom. The molecule has 7 rings (SSSR count). The van der Waals surface area contributed by atoms with Gasteiger partial charge >= 0.3 is 35.0 Å². The highest BCUT2D eigenvalue weighted by Crippen LogP contribution is 2.58. The number of hydrogen-bond donors (Lipinski definition) is 0. The largest absolute Gasteiger partial charge is 0.530 e. The number of unbranched alkanes of at least 4 members (excludes halogenated alkanes) is 6. The summed E-state index contributed by atoms with van der Waals surface area (Å²) in [6.45, 7) is 13.0. The minimum absolute atomic E-state index is 0.0785. The van der Waals surface area contributed by atoms with E-state index in [4.69, 9.17) is 32.1 Å². The number of ether oxygens (including phenoxy) is 2. The van der Waals surface area contributed by atoms with Crippen LogP contribution in [0.15, 0.2) is 115 Å². The van der Waals surface area contributed by atoms with Gasteiger partial charge in [-0.3, -0.25) is 4.67 Å². The molecule has 0 bridgehead atoms. The minimum Gasteiger partial charge on any atom is -0.465 e. The fourth-order valence-electron chi connectivity index (χ4n) is 9.50. The van der Waals surface area contributed by atoms with E-state index < -0.39 is 35.0 Å². The Kier molecular flexibility index (Phi) is 22.9. The van der Waals surface area contributed by atoms with Crippen LogP contribution in [-0.4, -0.2) is 32.1 Å². The van der Waals surface area contributed by atoms with Crippen LogP contribution in [-0.2, 0) is 52.5 Å². The van der Waals surface area contributed by atoms with Crippen molar-refractivity contribution < 1.29 is 46.5 Å². The Bertz CT molecular complexity index is 2880. The number of para-hydroxylation sites is 2. The van der Waals surface area contributed by atoms with Crippen LogP contribution in [0.25, 0.3) is 11.1 Å². The standard InChI is InChI=1S/C65H79NO10P2/c1-9-15-26-46-36-38-59(50(40-46)30-19-13-5)72-78(73-60-39-37-47(27-16-10-2)41-51(60)31-20-14-6)75-62-55(43-49(29-18-12-4)45-57(62)64(68)71-8)54-42-48(28-17-11-3)44-56(63(67)70-7)61(54)74-77-66(52-32-22-21-23-33-52)58-35-25-24-34-53(58)65(69)76-77/h21-25,32-45H,9-20,26-31H2,1-8H3. The number of hydrogen-bond acceptors (Lipinski definition) is 11. The van der Waals surface area contributed by atoms with Gasteiger partial charge < -0.3 is 32.1 Å². The minimum atomic E-state index is -2.42. The van der Waals surface area contributed by atoms with Gasteiger partial charge in [0.05, 0.1) is 31.2 Å². The van der Waals surface area contributed by atoms with Gasteiger partial charge in [-0.2, -0.15) is 0 Å². The van der Waals surface area contributed by atoms with Crippen LogP contribution < -0.4 is 22.8 Å². The summed E-state index contributed by atoms with van der Waals surface area (Å²) in [6.07, 6.45) is 16.3. The van der Waals surface area contributed by atoms with Crippen LogP contribution in [0, 0.1) is 0 Å². The number of benzene rings is 6. The van der Waals surface area contributed by atoms with E-state index in [1.165, 1.54) is 25.3 Å². The lowest BCUT2D eigenvalue weighted by molar-refractivity contribution is 0.0588. The molecule has 1 aliphatic rings. The molecular weight excluding hydrogens is 1020 g/mol. The molecule has 0 saturated heterocycles. The van der Waals surface area contributed by atoms with Crippen LogP contribution >= 0.6 is 17.1 Å². The lowest BCUT2D eigenvalue weighted by Crippen LogP contribution is -2.25. The summed E-state index contributed by atoms with van der Waals surface area (Å²) < 4.78 is 48.1. The first-order valence-electron chi connectivity index (χ1n) is 28.3. The zero-order valence-corrected chi connectivity index (χ0v) is 48.9. The van der Waals surface area contributed by atoms with Crippen molar-refractivity contribution in [3.8, 4) is 34.1 Å². The van der Waals surface area contributed by atoms with E-state index in [9.17, 15) is 14.4 Å². The SMILES string of the molecule is CCCCc1ccc(OP(Oc2ccc(CCCC)cc2CCCC)Oc2c(C(=O)OC)cc(CCCC)cc2-c2cc(CCCC)cc(C(=O)OC)c2OP2OC(=O)c3ccccc3N2c2ccccc2)c(CCCC)c1. The molecule has 1 heterocycles. The predicted octanol–water partition coefficient (Wildman–Crippen LogP) is 18.4. The molecular formula is C65H79NO10P2. The molecule has 0 N–H and O–H groups in total. The molecule has 0 fully saturated rings. The van der Waals surface area contributed by atoms with Crippen LogP contribution in [0.3, 0.4) is 0 Å². The molecule has 0 radical (unpaired) electrons. The summed E-state index contributed by atoms with van der Waals surface area (Å²) in [6, 6.07) is 37.1. The zero-order valence-electron chi connectivity index (χ0n) is 47.1. The average Bonchev–Trinajstić information content (AvgIpc) is 3.56. The highest BCUT2D eigenvalue weighted by atomic mass is 31.2. The van der Waals surface area contributed by atoms with Gasteiger partial charge in [0.25, 0.3) is 0 Å². The van der Waals surface area contributed by atoms with Gasteiger partial charge in [0.1, 0.15) is 22.6 Å². The molecule has 11 nitrogen and oxygen atoms in total. The lowest BCUT2D eigenvalue weighted by atomic mass is 9.91. The van der Waals surface area contributed by atoms with E-state index in [0.717, 1.165) is 125 Å². The van der Waals surface area contributed by atoms with E-state index in [2.05, 4.69) is 65.8 Å². The molecule has 0 saturated carbocycles. The second-order valence-electron chi connectivity index (χ2n) is 19.9. The maximum Gasteiger partial charge on any atom is 0.530 e. The Morgan fingerprint density at radius 2 is 0.936 bits per heavy atom. The third-order valence-electron chi connectivity index (χ3n) is 13.9. The normalized spacial score (nSPS) is 13.0. The van der Waals surface area contributed by atoms with Crippen LogP contribution in [0.1, 0.15) is 183 Å². The summed E-state index contributed by atoms with van der Waals surface area (Å²) >= 11 is 0. The summed E-state index contributed by atoms with van der Waals surface area (Å²) in [7, 11) is -2.09. The number of aryl methyl sites for hydroxylation is 6. The number of anilines is 2. The van der Waals surface area contributed by atoms with Crippen molar-refractivity contribution in [2.24, 2.45) is 0 Å². The van der Waals surface area contributed by atoms with Crippen molar-refractivity contribution in [3.05, 3.63) is 165 Å². The zero-order chi connectivity index (χ0) is 55.4. The smallest absolute Gasteiger partial charge is 0.465 e. The third-order valence-corrected chi connectivity index (χ3v) is 16.3. The highest BCUT2D eigenvalue weighted by Gasteiger charge is 2.40. The lowest BCUT2D eigenvalue weighted by Gasteiger charge is -2.35. The van der Waals surface area contributed by atoms with Gasteiger partial charge in [-0.15, -0.1) is 0 Å². The molecule has 0 amide bonds. The van der Waals surface area contributed by atoms with Crippen LogP contribution in [0.2, 0.25) is 0 Å². The predicted molar refractivity (Wildman–Crippen MR) is 316 cm³/mol. The number of esters is 2. The first-order valence-corrected chi connectivity index (χ1v) is 30.5. The number of rotatable bonds is 30. The van der Waals surface area contributed by atoms with Gasteiger partial charge in [0.2, 0.25) is 0 Å². The number of carbonyl (C=O) groups excluding carboxylic acids is 3. The first kappa shape index (κ1) is 59.3. The molecule has 78 heavy (non-hydrogen) atoms. The molecule has 1 aliphatic heterocycles. The number of fused-ring (bicyclic) bond motifs is 1. The Balaban J connectivity index is 1.51. The van der Waals surface area contributed by atoms with Crippen molar-refractivity contribution in [1.82, 2.24) is 0 Å².